The fourth-order valence-electron chi connectivity index (χ4n) is 4.46. The molecule has 2 aromatic heterocycles. The number of carbonyl (C=O) groups is 1. The number of hydrogen-bond acceptors (Lipinski definition) is 6. The van der Waals surface area contributed by atoms with Gasteiger partial charge in [-0.1, -0.05) is 6.07 Å². The molecular weight excluding hydrogens is 487 g/mol. The Morgan fingerprint density at radius 1 is 1.16 bits per heavy atom. The number of halogens is 3. The molecule has 37 heavy (non-hydrogen) atoms. The maximum atomic E-state index is 14.9. The molecule has 4 aromatic rings. The van der Waals surface area contributed by atoms with Crippen molar-refractivity contribution in [2.45, 2.75) is 31.9 Å². The zero-order chi connectivity index (χ0) is 26.1. The maximum Gasteiger partial charge on any atom is 0.198 e. The Hall–Kier alpha value is -3.89. The lowest BCUT2D eigenvalue weighted by molar-refractivity contribution is -0.0223. The SMILES string of the molecule is Cc1cc(Oc2c(F)cccc2F)ccc1C(=O)c1c[nH]c2ncc(F)c(N[C@@H]3CC[C@@H](CO)OC3)c12. The lowest BCUT2D eigenvalue weighted by Crippen LogP contribution is -2.36. The lowest BCUT2D eigenvalue weighted by atomic mass is 9.98. The van der Waals surface area contributed by atoms with Crippen LogP contribution in [0.25, 0.3) is 11.0 Å². The molecule has 2 atom stereocenters. The Balaban J connectivity index is 1.44. The van der Waals surface area contributed by atoms with Crippen LogP contribution in [-0.4, -0.2) is 46.2 Å². The molecular formula is C27H24F3N3O4. The van der Waals surface area contributed by atoms with E-state index in [9.17, 15) is 23.1 Å². The van der Waals surface area contributed by atoms with Crippen molar-refractivity contribution in [3.8, 4) is 11.5 Å². The first-order chi connectivity index (χ1) is 17.9. The molecule has 0 amide bonds. The molecule has 0 aliphatic carbocycles. The van der Waals surface area contributed by atoms with Crippen LogP contribution in [0, 0.1) is 24.4 Å². The van der Waals surface area contributed by atoms with Crippen molar-refractivity contribution < 1.29 is 32.5 Å². The summed E-state index contributed by atoms with van der Waals surface area (Å²) in [7, 11) is 0. The van der Waals surface area contributed by atoms with Crippen molar-refractivity contribution in [3.05, 3.63) is 82.9 Å². The van der Waals surface area contributed by atoms with E-state index in [-0.39, 0.29) is 48.1 Å². The Kier molecular flexibility index (Phi) is 6.86. The third-order valence-electron chi connectivity index (χ3n) is 6.40. The van der Waals surface area contributed by atoms with Gasteiger partial charge in [0, 0.05) is 17.8 Å². The summed E-state index contributed by atoms with van der Waals surface area (Å²) >= 11 is 0. The summed E-state index contributed by atoms with van der Waals surface area (Å²) < 4.78 is 53.9. The van der Waals surface area contributed by atoms with Crippen molar-refractivity contribution in [1.29, 1.82) is 0 Å². The number of H-pyrrole nitrogens is 1. The third-order valence-corrected chi connectivity index (χ3v) is 6.40. The van der Waals surface area contributed by atoms with Crippen LogP contribution in [0.3, 0.4) is 0 Å². The summed E-state index contributed by atoms with van der Waals surface area (Å²) in [5, 5.41) is 12.7. The van der Waals surface area contributed by atoms with Gasteiger partial charge in [0.25, 0.3) is 0 Å². The smallest absolute Gasteiger partial charge is 0.198 e. The number of aliphatic hydroxyl groups excluding tert-OH is 1. The molecule has 192 valence electrons. The summed E-state index contributed by atoms with van der Waals surface area (Å²) in [6.45, 7) is 1.88. The van der Waals surface area contributed by atoms with Gasteiger partial charge in [-0.15, -0.1) is 0 Å². The fraction of sp³-hybridized carbons (Fsp3) is 0.259. The molecule has 0 spiro atoms. The number of rotatable bonds is 7. The Morgan fingerprint density at radius 2 is 1.95 bits per heavy atom. The average Bonchev–Trinajstić information content (AvgIpc) is 3.32. The molecule has 1 aliphatic heterocycles. The Morgan fingerprint density at radius 3 is 2.62 bits per heavy atom. The molecule has 0 unspecified atom stereocenters. The molecule has 7 nitrogen and oxygen atoms in total. The van der Waals surface area contributed by atoms with Gasteiger partial charge in [-0.2, -0.15) is 0 Å². The minimum Gasteiger partial charge on any atom is -0.451 e. The van der Waals surface area contributed by atoms with Crippen LogP contribution in [0.2, 0.25) is 0 Å². The van der Waals surface area contributed by atoms with Crippen LogP contribution in [0.5, 0.6) is 11.5 Å². The zero-order valence-corrected chi connectivity index (χ0v) is 19.9. The molecule has 5 rings (SSSR count). The number of nitrogens with one attached hydrogen (secondary N) is 2. The highest BCUT2D eigenvalue weighted by Crippen LogP contribution is 2.33. The summed E-state index contributed by atoms with van der Waals surface area (Å²) in [6, 6.07) is 7.64. The third kappa shape index (κ3) is 4.90. The average molecular weight is 512 g/mol. The number of pyridine rings is 1. The van der Waals surface area contributed by atoms with Gasteiger partial charge >= 0.3 is 0 Å². The van der Waals surface area contributed by atoms with Crippen LogP contribution in [0.15, 0.2) is 48.8 Å². The standard InChI is InChI=1S/C27H24F3N3O4/c1-14-9-16(37-26-20(28)3-2-4-21(26)29)7-8-18(14)25(35)19-10-31-27-23(19)24(22(30)11-32-27)33-15-5-6-17(12-34)36-13-15/h2-4,7-11,15,17,34H,5-6,12-13H2,1H3,(H2,31,32,33)/t15-,17+/m1/s1. The van der Waals surface area contributed by atoms with Crippen LogP contribution in [0.1, 0.15) is 34.3 Å². The first-order valence-electron chi connectivity index (χ1n) is 11.8. The summed E-state index contributed by atoms with van der Waals surface area (Å²) in [4.78, 5) is 20.5. The molecule has 10 heteroatoms. The number of aromatic nitrogens is 2. The Bertz CT molecular complexity index is 1440. The van der Waals surface area contributed by atoms with Gasteiger partial charge in [-0.3, -0.25) is 4.79 Å². The number of ether oxygens (including phenoxy) is 2. The van der Waals surface area contributed by atoms with Gasteiger partial charge in [-0.05, 0) is 55.7 Å². The van der Waals surface area contributed by atoms with Crippen LogP contribution in [-0.2, 0) is 4.74 Å². The van der Waals surface area contributed by atoms with E-state index in [2.05, 4.69) is 15.3 Å². The minimum atomic E-state index is -0.846. The number of hydrogen-bond donors (Lipinski definition) is 3. The number of aromatic amines is 1. The van der Waals surface area contributed by atoms with Gasteiger partial charge in [0.2, 0.25) is 0 Å². The summed E-state index contributed by atoms with van der Waals surface area (Å²) in [5.41, 5.74) is 1.50. The Labute approximate surface area is 210 Å². The second-order valence-corrected chi connectivity index (χ2v) is 8.92. The normalized spacial score (nSPS) is 17.6. The highest BCUT2D eigenvalue weighted by molar-refractivity contribution is 6.19. The molecule has 2 aromatic carbocycles. The highest BCUT2D eigenvalue weighted by atomic mass is 19.1. The van der Waals surface area contributed by atoms with Crippen molar-refractivity contribution in [2.75, 3.05) is 18.5 Å². The van der Waals surface area contributed by atoms with Crippen LogP contribution >= 0.6 is 0 Å². The first kappa shape index (κ1) is 24.8. The van der Waals surface area contributed by atoms with Crippen molar-refractivity contribution in [3.63, 3.8) is 0 Å². The van der Waals surface area contributed by atoms with E-state index in [0.717, 1.165) is 18.3 Å². The van der Waals surface area contributed by atoms with Crippen molar-refractivity contribution >= 4 is 22.5 Å². The first-order valence-corrected chi connectivity index (χ1v) is 11.8. The number of anilines is 1. The maximum absolute atomic E-state index is 14.9. The number of benzene rings is 2. The molecule has 1 aliphatic rings. The van der Waals surface area contributed by atoms with Gasteiger partial charge in [0.15, 0.2) is 29.0 Å². The monoisotopic (exact) mass is 511 g/mol. The number of nitrogens with zero attached hydrogens (tertiary/aromatic N) is 1. The number of carbonyl (C=O) groups excluding carboxylic acids is 1. The molecule has 1 saturated heterocycles. The molecule has 0 saturated carbocycles. The van der Waals surface area contributed by atoms with Gasteiger partial charge in [0.1, 0.15) is 11.4 Å². The van der Waals surface area contributed by atoms with Gasteiger partial charge < -0.3 is 24.9 Å². The molecule has 0 radical (unpaired) electrons. The second-order valence-electron chi connectivity index (χ2n) is 8.92. The summed E-state index contributed by atoms with van der Waals surface area (Å²) in [6.07, 6.45) is 3.59. The zero-order valence-electron chi connectivity index (χ0n) is 19.9. The number of fused-ring (bicyclic) bond motifs is 1. The van der Waals surface area contributed by atoms with E-state index in [1.807, 2.05) is 0 Å². The van der Waals surface area contributed by atoms with E-state index in [0.29, 0.717) is 35.0 Å². The second kappa shape index (κ2) is 10.2. The fourth-order valence-corrected chi connectivity index (χ4v) is 4.46. The van der Waals surface area contributed by atoms with Crippen molar-refractivity contribution in [2.24, 2.45) is 0 Å². The van der Waals surface area contributed by atoms with E-state index in [4.69, 9.17) is 9.47 Å². The topological polar surface area (TPSA) is 96.5 Å². The molecule has 1 fully saturated rings. The van der Waals surface area contributed by atoms with Crippen LogP contribution in [0.4, 0.5) is 18.9 Å². The van der Waals surface area contributed by atoms with Gasteiger partial charge in [0.05, 0.1) is 42.2 Å². The molecule has 3 heterocycles. The highest BCUT2D eigenvalue weighted by Gasteiger charge is 2.26. The minimum absolute atomic E-state index is 0.0740. The van der Waals surface area contributed by atoms with E-state index in [1.165, 1.54) is 30.5 Å². The van der Waals surface area contributed by atoms with Crippen molar-refractivity contribution in [1.82, 2.24) is 9.97 Å². The largest absolute Gasteiger partial charge is 0.451 e. The number of aliphatic hydroxyl groups is 1. The van der Waals surface area contributed by atoms with E-state index >= 15 is 0 Å². The quantitative estimate of drug-likeness (QED) is 0.293. The number of aryl methyl sites for hydroxylation is 1. The lowest BCUT2D eigenvalue weighted by Gasteiger charge is -2.29. The van der Waals surface area contributed by atoms with E-state index < -0.39 is 23.2 Å². The predicted octanol–water partition coefficient (Wildman–Crippen LogP) is 5.26. The number of ketones is 1. The number of para-hydroxylation sites is 1. The van der Waals surface area contributed by atoms with Gasteiger partial charge in [-0.25, -0.2) is 18.2 Å². The van der Waals surface area contributed by atoms with E-state index in [1.54, 1.807) is 6.92 Å². The van der Waals surface area contributed by atoms with Crippen LogP contribution < -0.4 is 10.1 Å². The predicted molar refractivity (Wildman–Crippen MR) is 131 cm³/mol. The molecule has 3 N–H and O–H groups in total. The summed E-state index contributed by atoms with van der Waals surface area (Å²) in [5.74, 6) is -3.07. The molecule has 0 bridgehead atoms.